The summed E-state index contributed by atoms with van der Waals surface area (Å²) in [6.45, 7) is 7.02. The second kappa shape index (κ2) is 4.90. The summed E-state index contributed by atoms with van der Waals surface area (Å²) < 4.78 is 3.15. The predicted molar refractivity (Wildman–Crippen MR) is 84.4 cm³/mol. The van der Waals surface area contributed by atoms with Crippen molar-refractivity contribution < 1.29 is 0 Å². The summed E-state index contributed by atoms with van der Waals surface area (Å²) in [5.41, 5.74) is 5.86. The largest absolute Gasteiger partial charge is 0.357 e. The average Bonchev–Trinajstić information content (AvgIpc) is 2.89. The van der Waals surface area contributed by atoms with E-state index in [2.05, 4.69) is 47.4 Å². The average molecular weight is 286 g/mol. The number of nitrogens with zero attached hydrogens (tertiary/aromatic N) is 3. The Hall–Kier alpha value is -1.88. The molecule has 2 heterocycles. The first kappa shape index (κ1) is 13.1. The third-order valence-corrected chi connectivity index (χ3v) is 4.60. The number of aryl methyl sites for hydroxylation is 3. The van der Waals surface area contributed by atoms with E-state index in [0.29, 0.717) is 0 Å². The van der Waals surface area contributed by atoms with Crippen LogP contribution in [0.1, 0.15) is 22.5 Å². The highest BCUT2D eigenvalue weighted by Crippen LogP contribution is 2.27. The van der Waals surface area contributed by atoms with Crippen LogP contribution in [0.2, 0.25) is 0 Å². The van der Waals surface area contributed by atoms with Crippen molar-refractivity contribution in [2.75, 3.05) is 5.32 Å². The number of aromatic nitrogens is 3. The molecule has 0 aliphatic rings. The van der Waals surface area contributed by atoms with Crippen LogP contribution in [-0.2, 0) is 13.6 Å². The molecule has 0 aliphatic carbocycles. The lowest BCUT2D eigenvalue weighted by Gasteiger charge is -2.03. The summed E-state index contributed by atoms with van der Waals surface area (Å²) in [5.74, 6) is 0. The van der Waals surface area contributed by atoms with E-state index in [1.54, 1.807) is 11.3 Å². The number of nitrogens with one attached hydrogen (secondary N) is 1. The minimum atomic E-state index is 0.768. The van der Waals surface area contributed by atoms with Gasteiger partial charge in [0.25, 0.3) is 0 Å². The summed E-state index contributed by atoms with van der Waals surface area (Å²) >= 11 is 1.70. The van der Waals surface area contributed by atoms with E-state index in [1.807, 2.05) is 18.7 Å². The lowest BCUT2D eigenvalue weighted by atomic mass is 10.2. The normalized spacial score (nSPS) is 11.2. The molecule has 0 saturated heterocycles. The monoisotopic (exact) mass is 286 g/mol. The van der Waals surface area contributed by atoms with Gasteiger partial charge in [0.15, 0.2) is 5.13 Å². The van der Waals surface area contributed by atoms with Crippen molar-refractivity contribution >= 4 is 26.7 Å². The zero-order chi connectivity index (χ0) is 14.3. The van der Waals surface area contributed by atoms with Gasteiger partial charge in [0, 0.05) is 24.8 Å². The SMILES string of the molecule is Cc1ccc2nc(NCc3c(C)nn(C)c3C)sc2c1. The van der Waals surface area contributed by atoms with Gasteiger partial charge in [-0.2, -0.15) is 5.10 Å². The van der Waals surface area contributed by atoms with E-state index in [1.165, 1.54) is 21.5 Å². The highest BCUT2D eigenvalue weighted by atomic mass is 32.1. The Morgan fingerprint density at radius 1 is 1.25 bits per heavy atom. The fourth-order valence-corrected chi connectivity index (χ4v) is 3.30. The van der Waals surface area contributed by atoms with Gasteiger partial charge in [0.2, 0.25) is 0 Å². The van der Waals surface area contributed by atoms with Crippen molar-refractivity contribution in [3.8, 4) is 0 Å². The van der Waals surface area contributed by atoms with Crippen molar-refractivity contribution in [2.24, 2.45) is 7.05 Å². The fraction of sp³-hybridized carbons (Fsp3) is 0.333. The van der Waals surface area contributed by atoms with Gasteiger partial charge in [-0.25, -0.2) is 4.98 Å². The van der Waals surface area contributed by atoms with E-state index >= 15 is 0 Å². The summed E-state index contributed by atoms with van der Waals surface area (Å²) in [6, 6.07) is 6.35. The highest BCUT2D eigenvalue weighted by Gasteiger charge is 2.10. The van der Waals surface area contributed by atoms with Gasteiger partial charge < -0.3 is 5.32 Å². The predicted octanol–water partition coefficient (Wildman–Crippen LogP) is 3.57. The maximum atomic E-state index is 4.62. The first-order valence-electron chi connectivity index (χ1n) is 6.65. The maximum absolute atomic E-state index is 4.62. The third kappa shape index (κ3) is 2.29. The standard InChI is InChI=1S/C15H18N4S/c1-9-5-6-13-14(7-9)20-15(17-13)16-8-12-10(2)18-19(4)11(12)3/h5-7H,8H2,1-4H3,(H,16,17). The van der Waals surface area contributed by atoms with Crippen LogP contribution in [-0.4, -0.2) is 14.8 Å². The molecule has 0 fully saturated rings. The number of hydrogen-bond acceptors (Lipinski definition) is 4. The number of fused-ring (bicyclic) bond motifs is 1. The van der Waals surface area contributed by atoms with Gasteiger partial charge in [-0.1, -0.05) is 17.4 Å². The molecule has 2 aromatic heterocycles. The minimum Gasteiger partial charge on any atom is -0.357 e. The molecule has 0 saturated carbocycles. The van der Waals surface area contributed by atoms with Crippen LogP contribution in [0.15, 0.2) is 18.2 Å². The van der Waals surface area contributed by atoms with Crippen molar-refractivity contribution in [2.45, 2.75) is 27.3 Å². The molecule has 0 spiro atoms. The van der Waals surface area contributed by atoms with E-state index in [9.17, 15) is 0 Å². The summed E-state index contributed by atoms with van der Waals surface area (Å²) in [7, 11) is 1.98. The first-order valence-corrected chi connectivity index (χ1v) is 7.46. The number of anilines is 1. The Morgan fingerprint density at radius 2 is 2.05 bits per heavy atom. The Labute approximate surface area is 122 Å². The van der Waals surface area contributed by atoms with E-state index in [-0.39, 0.29) is 0 Å². The number of hydrogen-bond donors (Lipinski definition) is 1. The summed E-state index contributed by atoms with van der Waals surface area (Å²) in [6.07, 6.45) is 0. The smallest absolute Gasteiger partial charge is 0.184 e. The molecular formula is C15H18N4S. The quantitative estimate of drug-likeness (QED) is 0.800. The zero-order valence-corrected chi connectivity index (χ0v) is 13.0. The van der Waals surface area contributed by atoms with Crippen LogP contribution in [0, 0.1) is 20.8 Å². The highest BCUT2D eigenvalue weighted by molar-refractivity contribution is 7.22. The number of benzene rings is 1. The minimum absolute atomic E-state index is 0.768. The summed E-state index contributed by atoms with van der Waals surface area (Å²) in [5, 5.41) is 8.82. The molecule has 0 unspecified atom stereocenters. The number of thiazole rings is 1. The third-order valence-electron chi connectivity index (χ3n) is 3.62. The van der Waals surface area contributed by atoms with Crippen LogP contribution in [0.25, 0.3) is 10.2 Å². The van der Waals surface area contributed by atoms with Gasteiger partial charge in [-0.05, 0) is 38.5 Å². The molecule has 4 nitrogen and oxygen atoms in total. The Balaban J connectivity index is 1.83. The number of rotatable bonds is 3. The second-order valence-electron chi connectivity index (χ2n) is 5.12. The molecule has 1 N–H and O–H groups in total. The molecule has 0 atom stereocenters. The van der Waals surface area contributed by atoms with Crippen molar-refractivity contribution in [1.82, 2.24) is 14.8 Å². The fourth-order valence-electron chi connectivity index (χ4n) is 2.34. The molecule has 1 aromatic carbocycles. The molecule has 0 aliphatic heterocycles. The summed E-state index contributed by atoms with van der Waals surface area (Å²) in [4.78, 5) is 4.62. The molecule has 0 amide bonds. The molecule has 5 heteroatoms. The van der Waals surface area contributed by atoms with Gasteiger partial charge in [-0.3, -0.25) is 4.68 Å². The molecule has 0 radical (unpaired) electrons. The van der Waals surface area contributed by atoms with Crippen molar-refractivity contribution in [3.05, 3.63) is 40.7 Å². The molecular weight excluding hydrogens is 268 g/mol. The van der Waals surface area contributed by atoms with Gasteiger partial charge in [-0.15, -0.1) is 0 Å². The van der Waals surface area contributed by atoms with Crippen LogP contribution < -0.4 is 5.32 Å². The topological polar surface area (TPSA) is 42.7 Å². The van der Waals surface area contributed by atoms with Crippen LogP contribution in [0.3, 0.4) is 0 Å². The van der Waals surface area contributed by atoms with E-state index < -0.39 is 0 Å². The Kier molecular flexibility index (Phi) is 3.22. The van der Waals surface area contributed by atoms with E-state index in [0.717, 1.165) is 22.9 Å². The molecule has 104 valence electrons. The Bertz CT molecular complexity index is 770. The van der Waals surface area contributed by atoms with Crippen LogP contribution in [0.5, 0.6) is 0 Å². The van der Waals surface area contributed by atoms with Gasteiger partial charge >= 0.3 is 0 Å². The van der Waals surface area contributed by atoms with Crippen LogP contribution in [0.4, 0.5) is 5.13 Å². The van der Waals surface area contributed by atoms with Gasteiger partial charge in [0.05, 0.1) is 15.9 Å². The molecule has 3 rings (SSSR count). The zero-order valence-electron chi connectivity index (χ0n) is 12.2. The Morgan fingerprint density at radius 3 is 2.75 bits per heavy atom. The second-order valence-corrected chi connectivity index (χ2v) is 6.15. The van der Waals surface area contributed by atoms with Crippen molar-refractivity contribution in [1.29, 1.82) is 0 Å². The lowest BCUT2D eigenvalue weighted by molar-refractivity contribution is 0.730. The molecule has 0 bridgehead atoms. The maximum Gasteiger partial charge on any atom is 0.184 e. The van der Waals surface area contributed by atoms with E-state index in [4.69, 9.17) is 0 Å². The van der Waals surface area contributed by atoms with Crippen molar-refractivity contribution in [3.63, 3.8) is 0 Å². The lowest BCUT2D eigenvalue weighted by Crippen LogP contribution is -2.01. The van der Waals surface area contributed by atoms with Gasteiger partial charge in [0.1, 0.15) is 0 Å². The molecule has 3 aromatic rings. The van der Waals surface area contributed by atoms with Crippen LogP contribution >= 0.6 is 11.3 Å². The first-order chi connectivity index (χ1) is 9.54. The molecule has 20 heavy (non-hydrogen) atoms.